The summed E-state index contributed by atoms with van der Waals surface area (Å²) in [6.45, 7) is 7.64. The van der Waals surface area contributed by atoms with Gasteiger partial charge >= 0.3 is 0 Å². The van der Waals surface area contributed by atoms with Crippen LogP contribution in [0.25, 0.3) is 0 Å². The topological polar surface area (TPSA) is 47.0 Å². The first-order valence-corrected chi connectivity index (χ1v) is 9.66. The number of aliphatic hydroxyl groups excluding tert-OH is 1. The van der Waals surface area contributed by atoms with Gasteiger partial charge < -0.3 is 14.9 Å². The second-order valence-electron chi connectivity index (χ2n) is 7.24. The Hall–Kier alpha value is -1.43. The molecule has 0 aromatic heterocycles. The van der Waals surface area contributed by atoms with Crippen molar-refractivity contribution in [1.82, 2.24) is 14.7 Å². The van der Waals surface area contributed by atoms with E-state index in [4.69, 9.17) is 0 Å². The van der Waals surface area contributed by atoms with Crippen molar-refractivity contribution in [2.45, 2.75) is 38.8 Å². The lowest BCUT2D eigenvalue weighted by Gasteiger charge is -2.35. The van der Waals surface area contributed by atoms with Gasteiger partial charge in [-0.2, -0.15) is 0 Å². The molecule has 0 unspecified atom stereocenters. The maximum atomic E-state index is 12.5. The Bertz CT molecular complexity index is 550. The van der Waals surface area contributed by atoms with E-state index in [-0.39, 0.29) is 6.61 Å². The molecule has 2 aliphatic rings. The van der Waals surface area contributed by atoms with Crippen molar-refractivity contribution in [3.05, 3.63) is 35.4 Å². The molecular formula is C20H31N3O2. The first-order valence-electron chi connectivity index (χ1n) is 9.66. The molecule has 0 atom stereocenters. The Morgan fingerprint density at radius 3 is 2.24 bits per heavy atom. The molecule has 2 aliphatic heterocycles. The number of hydrogen-bond donors (Lipinski definition) is 1. The summed E-state index contributed by atoms with van der Waals surface area (Å²) in [5.74, 6) is 0.306. The van der Waals surface area contributed by atoms with Crippen LogP contribution < -0.4 is 0 Å². The maximum absolute atomic E-state index is 12.5. The van der Waals surface area contributed by atoms with Crippen LogP contribution >= 0.6 is 0 Å². The normalized spacial score (nSPS) is 20.0. The number of benzene rings is 1. The molecular weight excluding hydrogens is 314 g/mol. The molecule has 25 heavy (non-hydrogen) atoms. The third-order valence-electron chi connectivity index (χ3n) is 5.50. The quantitative estimate of drug-likeness (QED) is 0.852. The highest BCUT2D eigenvalue weighted by Gasteiger charge is 2.22. The minimum absolute atomic E-state index is 0.0884. The van der Waals surface area contributed by atoms with Crippen LogP contribution in [0.3, 0.4) is 0 Å². The van der Waals surface area contributed by atoms with Gasteiger partial charge in [-0.1, -0.05) is 30.7 Å². The van der Waals surface area contributed by atoms with Crippen LogP contribution in [0.1, 0.15) is 36.8 Å². The molecule has 2 saturated heterocycles. The number of amides is 1. The Morgan fingerprint density at radius 2 is 1.56 bits per heavy atom. The van der Waals surface area contributed by atoms with E-state index >= 15 is 0 Å². The lowest BCUT2D eigenvalue weighted by Crippen LogP contribution is -2.49. The molecule has 0 radical (unpaired) electrons. The first kappa shape index (κ1) is 18.4. The van der Waals surface area contributed by atoms with E-state index in [9.17, 15) is 9.90 Å². The summed E-state index contributed by atoms with van der Waals surface area (Å²) in [7, 11) is 0. The number of carbonyl (C=O) groups is 1. The van der Waals surface area contributed by atoms with Crippen molar-refractivity contribution in [2.24, 2.45) is 0 Å². The number of likely N-dealkylation sites (tertiary alicyclic amines) is 1. The number of rotatable bonds is 6. The number of hydrogen-bond acceptors (Lipinski definition) is 4. The Labute approximate surface area is 151 Å². The van der Waals surface area contributed by atoms with E-state index in [1.165, 1.54) is 24.8 Å². The average molecular weight is 345 g/mol. The molecule has 1 amide bonds. The van der Waals surface area contributed by atoms with Crippen molar-refractivity contribution in [3.8, 4) is 0 Å². The fourth-order valence-electron chi connectivity index (χ4n) is 3.86. The average Bonchev–Trinajstić information content (AvgIpc) is 2.68. The largest absolute Gasteiger partial charge is 0.392 e. The zero-order valence-corrected chi connectivity index (χ0v) is 15.2. The van der Waals surface area contributed by atoms with Crippen LogP contribution in [0.15, 0.2) is 24.3 Å². The third-order valence-corrected chi connectivity index (χ3v) is 5.50. The zero-order chi connectivity index (χ0) is 17.5. The number of nitrogens with zero attached hydrogens (tertiary/aromatic N) is 3. The molecule has 1 aromatic rings. The summed E-state index contributed by atoms with van der Waals surface area (Å²) in [4.78, 5) is 19.3. The smallest absolute Gasteiger partial charge is 0.223 e. The standard InChI is InChI=1S/C20H31N3O2/c24-17-19-7-3-2-6-18(19)16-22-12-14-23(15-13-22)20(25)8-11-21-9-4-1-5-10-21/h2-3,6-7,24H,1,4-5,8-17H2. The second kappa shape index (κ2) is 9.32. The monoisotopic (exact) mass is 345 g/mol. The SMILES string of the molecule is O=C(CCN1CCCCC1)N1CCN(Cc2ccccc2CO)CC1. The van der Waals surface area contributed by atoms with E-state index in [0.29, 0.717) is 12.3 Å². The van der Waals surface area contributed by atoms with Crippen molar-refractivity contribution in [3.63, 3.8) is 0 Å². The maximum Gasteiger partial charge on any atom is 0.223 e. The molecule has 138 valence electrons. The zero-order valence-electron chi connectivity index (χ0n) is 15.2. The molecule has 2 fully saturated rings. The molecule has 5 nitrogen and oxygen atoms in total. The minimum atomic E-state index is 0.0884. The molecule has 0 aliphatic carbocycles. The highest BCUT2D eigenvalue weighted by Crippen LogP contribution is 2.14. The Kier molecular flexibility index (Phi) is 6.84. The van der Waals surface area contributed by atoms with Crippen LogP contribution in [-0.4, -0.2) is 71.5 Å². The number of carbonyl (C=O) groups excluding carboxylic acids is 1. The van der Waals surface area contributed by atoms with Crippen LogP contribution in [-0.2, 0) is 17.9 Å². The fourth-order valence-corrected chi connectivity index (χ4v) is 3.86. The van der Waals surface area contributed by atoms with Crippen molar-refractivity contribution in [1.29, 1.82) is 0 Å². The first-order chi connectivity index (χ1) is 12.3. The highest BCUT2D eigenvalue weighted by atomic mass is 16.3. The Balaban J connectivity index is 1.41. The van der Waals surface area contributed by atoms with Gasteiger partial charge in [-0.3, -0.25) is 9.69 Å². The molecule has 1 N–H and O–H groups in total. The van der Waals surface area contributed by atoms with Gasteiger partial charge in [-0.05, 0) is 37.1 Å². The van der Waals surface area contributed by atoms with Crippen LogP contribution in [0, 0.1) is 0 Å². The lowest BCUT2D eigenvalue weighted by molar-refractivity contribution is -0.133. The van der Waals surface area contributed by atoms with E-state index < -0.39 is 0 Å². The number of aliphatic hydroxyl groups is 1. The van der Waals surface area contributed by atoms with Gasteiger partial charge in [0.15, 0.2) is 0 Å². The number of piperidine rings is 1. The number of piperazine rings is 1. The van der Waals surface area contributed by atoms with Crippen LogP contribution in [0.5, 0.6) is 0 Å². The fraction of sp³-hybridized carbons (Fsp3) is 0.650. The lowest BCUT2D eigenvalue weighted by atomic mass is 10.1. The molecule has 0 saturated carbocycles. The van der Waals surface area contributed by atoms with Gasteiger partial charge in [-0.15, -0.1) is 0 Å². The third kappa shape index (κ3) is 5.27. The van der Waals surface area contributed by atoms with Crippen molar-refractivity contribution >= 4 is 5.91 Å². The van der Waals surface area contributed by atoms with E-state index in [2.05, 4.69) is 15.9 Å². The summed E-state index contributed by atoms with van der Waals surface area (Å²) in [5.41, 5.74) is 2.19. The van der Waals surface area contributed by atoms with Gasteiger partial charge in [0.05, 0.1) is 6.61 Å². The van der Waals surface area contributed by atoms with E-state index in [1.54, 1.807) is 0 Å². The van der Waals surface area contributed by atoms with E-state index in [0.717, 1.165) is 57.9 Å². The molecule has 5 heteroatoms. The van der Waals surface area contributed by atoms with E-state index in [1.807, 2.05) is 23.1 Å². The minimum Gasteiger partial charge on any atom is -0.392 e. The molecule has 1 aromatic carbocycles. The van der Waals surface area contributed by atoms with Crippen molar-refractivity contribution < 1.29 is 9.90 Å². The van der Waals surface area contributed by atoms with Gasteiger partial charge in [0, 0.05) is 45.7 Å². The van der Waals surface area contributed by atoms with Crippen molar-refractivity contribution in [2.75, 3.05) is 45.8 Å². The van der Waals surface area contributed by atoms with Gasteiger partial charge in [0.25, 0.3) is 0 Å². The highest BCUT2D eigenvalue weighted by molar-refractivity contribution is 5.76. The summed E-state index contributed by atoms with van der Waals surface area (Å²) in [6, 6.07) is 8.06. The summed E-state index contributed by atoms with van der Waals surface area (Å²) < 4.78 is 0. The van der Waals surface area contributed by atoms with Gasteiger partial charge in [-0.25, -0.2) is 0 Å². The summed E-state index contributed by atoms with van der Waals surface area (Å²) in [5, 5.41) is 9.45. The van der Waals surface area contributed by atoms with Gasteiger partial charge in [0.1, 0.15) is 0 Å². The predicted molar refractivity (Wildman–Crippen MR) is 99.1 cm³/mol. The van der Waals surface area contributed by atoms with Crippen LogP contribution in [0.2, 0.25) is 0 Å². The summed E-state index contributed by atoms with van der Waals surface area (Å²) in [6.07, 6.45) is 4.56. The predicted octanol–water partition coefficient (Wildman–Crippen LogP) is 1.70. The molecule has 3 rings (SSSR count). The van der Waals surface area contributed by atoms with Gasteiger partial charge in [0.2, 0.25) is 5.91 Å². The Morgan fingerprint density at radius 1 is 0.880 bits per heavy atom. The molecule has 0 spiro atoms. The molecule has 2 heterocycles. The summed E-state index contributed by atoms with van der Waals surface area (Å²) >= 11 is 0. The second-order valence-corrected chi connectivity index (χ2v) is 7.24. The molecule has 0 bridgehead atoms. The van der Waals surface area contributed by atoms with Crippen LogP contribution in [0.4, 0.5) is 0 Å².